The van der Waals surface area contributed by atoms with Gasteiger partial charge in [-0.1, -0.05) is 35.3 Å². The quantitative estimate of drug-likeness (QED) is 0.866. The Kier molecular flexibility index (Phi) is 6.04. The van der Waals surface area contributed by atoms with Crippen LogP contribution in [0.15, 0.2) is 42.5 Å². The maximum absolute atomic E-state index is 13.0. The summed E-state index contributed by atoms with van der Waals surface area (Å²) < 4.78 is 18.3. The van der Waals surface area contributed by atoms with Crippen molar-refractivity contribution in [1.29, 1.82) is 0 Å². The SMILES string of the molecule is O=C(COc1ccc(Cl)cc1Cl)NCCc1cccc(F)c1. The molecule has 3 nitrogen and oxygen atoms in total. The molecule has 0 atom stereocenters. The second-order valence-electron chi connectivity index (χ2n) is 4.59. The molecule has 0 radical (unpaired) electrons. The molecule has 116 valence electrons. The van der Waals surface area contributed by atoms with E-state index in [0.29, 0.717) is 28.8 Å². The van der Waals surface area contributed by atoms with Gasteiger partial charge in [-0.3, -0.25) is 4.79 Å². The molecule has 0 aliphatic heterocycles. The Hall–Kier alpha value is -1.78. The van der Waals surface area contributed by atoms with Crippen molar-refractivity contribution >= 4 is 29.1 Å². The van der Waals surface area contributed by atoms with E-state index in [-0.39, 0.29) is 18.3 Å². The molecular formula is C16H14Cl2FNO2. The molecule has 0 heterocycles. The molecule has 1 amide bonds. The first-order valence-corrected chi connectivity index (χ1v) is 7.39. The highest BCUT2D eigenvalue weighted by Gasteiger charge is 2.06. The van der Waals surface area contributed by atoms with Crippen molar-refractivity contribution in [2.24, 2.45) is 0 Å². The fraction of sp³-hybridized carbons (Fsp3) is 0.188. The highest BCUT2D eigenvalue weighted by atomic mass is 35.5. The van der Waals surface area contributed by atoms with Crippen LogP contribution in [0.2, 0.25) is 10.0 Å². The third kappa shape index (κ3) is 5.20. The minimum Gasteiger partial charge on any atom is -0.482 e. The van der Waals surface area contributed by atoms with Crippen LogP contribution >= 0.6 is 23.2 Å². The van der Waals surface area contributed by atoms with Crippen LogP contribution in [0.25, 0.3) is 0 Å². The summed E-state index contributed by atoms with van der Waals surface area (Å²) in [7, 11) is 0. The lowest BCUT2D eigenvalue weighted by molar-refractivity contribution is -0.123. The van der Waals surface area contributed by atoms with Crippen LogP contribution in [-0.2, 0) is 11.2 Å². The van der Waals surface area contributed by atoms with Gasteiger partial charge in [-0.05, 0) is 42.3 Å². The van der Waals surface area contributed by atoms with E-state index in [0.717, 1.165) is 5.56 Å². The molecule has 0 aromatic heterocycles. The van der Waals surface area contributed by atoms with Crippen LogP contribution < -0.4 is 10.1 Å². The molecule has 6 heteroatoms. The number of amides is 1. The van der Waals surface area contributed by atoms with Gasteiger partial charge in [0.25, 0.3) is 5.91 Å². The predicted molar refractivity (Wildman–Crippen MR) is 85.1 cm³/mol. The lowest BCUT2D eigenvalue weighted by atomic mass is 10.1. The summed E-state index contributed by atoms with van der Waals surface area (Å²) in [5.74, 6) is -0.168. The van der Waals surface area contributed by atoms with E-state index in [1.54, 1.807) is 30.3 Å². The summed E-state index contributed by atoms with van der Waals surface area (Å²) >= 11 is 11.7. The van der Waals surface area contributed by atoms with E-state index in [4.69, 9.17) is 27.9 Å². The first-order valence-electron chi connectivity index (χ1n) is 6.63. The topological polar surface area (TPSA) is 38.3 Å². The molecule has 0 aliphatic rings. The standard InChI is InChI=1S/C16H14Cl2FNO2/c17-12-4-5-15(14(18)9-12)22-10-16(21)20-7-6-11-2-1-3-13(19)8-11/h1-5,8-9H,6-7,10H2,(H,20,21). The maximum atomic E-state index is 13.0. The zero-order chi connectivity index (χ0) is 15.9. The first kappa shape index (κ1) is 16.6. The molecule has 0 unspecified atom stereocenters. The van der Waals surface area contributed by atoms with Crippen molar-refractivity contribution in [3.8, 4) is 5.75 Å². The van der Waals surface area contributed by atoms with Crippen LogP contribution in [0.4, 0.5) is 4.39 Å². The van der Waals surface area contributed by atoms with Crippen molar-refractivity contribution < 1.29 is 13.9 Å². The van der Waals surface area contributed by atoms with Gasteiger partial charge in [0.05, 0.1) is 5.02 Å². The van der Waals surface area contributed by atoms with E-state index in [1.165, 1.54) is 12.1 Å². The van der Waals surface area contributed by atoms with Crippen LogP contribution in [0, 0.1) is 5.82 Å². The second-order valence-corrected chi connectivity index (χ2v) is 5.44. The van der Waals surface area contributed by atoms with Crippen molar-refractivity contribution in [1.82, 2.24) is 5.32 Å². The predicted octanol–water partition coefficient (Wildman–Crippen LogP) is 3.87. The zero-order valence-electron chi connectivity index (χ0n) is 11.6. The van der Waals surface area contributed by atoms with Gasteiger partial charge in [-0.25, -0.2) is 4.39 Å². The van der Waals surface area contributed by atoms with Crippen LogP contribution in [-0.4, -0.2) is 19.1 Å². The van der Waals surface area contributed by atoms with Gasteiger partial charge in [-0.2, -0.15) is 0 Å². The van der Waals surface area contributed by atoms with E-state index in [2.05, 4.69) is 5.32 Å². The summed E-state index contributed by atoms with van der Waals surface area (Å²) in [4.78, 5) is 11.7. The van der Waals surface area contributed by atoms with Gasteiger partial charge in [0, 0.05) is 11.6 Å². The summed E-state index contributed by atoms with van der Waals surface area (Å²) in [6, 6.07) is 11.0. The summed E-state index contributed by atoms with van der Waals surface area (Å²) in [5, 5.41) is 3.54. The monoisotopic (exact) mass is 341 g/mol. The number of rotatable bonds is 6. The van der Waals surface area contributed by atoms with Gasteiger partial charge < -0.3 is 10.1 Å². The molecule has 1 N–H and O–H groups in total. The third-order valence-electron chi connectivity index (χ3n) is 2.88. The van der Waals surface area contributed by atoms with Gasteiger partial charge in [0.15, 0.2) is 6.61 Å². The largest absolute Gasteiger partial charge is 0.482 e. The minimum absolute atomic E-state index is 0.148. The number of nitrogens with one attached hydrogen (secondary N) is 1. The Balaban J connectivity index is 1.74. The molecule has 2 rings (SSSR count). The van der Waals surface area contributed by atoms with Gasteiger partial charge >= 0.3 is 0 Å². The van der Waals surface area contributed by atoms with Gasteiger partial charge in [0.1, 0.15) is 11.6 Å². The fourth-order valence-electron chi connectivity index (χ4n) is 1.83. The highest BCUT2D eigenvalue weighted by Crippen LogP contribution is 2.27. The van der Waals surface area contributed by atoms with E-state index in [1.807, 2.05) is 0 Å². The number of hydrogen-bond acceptors (Lipinski definition) is 2. The smallest absolute Gasteiger partial charge is 0.257 e. The van der Waals surface area contributed by atoms with E-state index in [9.17, 15) is 9.18 Å². The normalized spacial score (nSPS) is 10.3. The number of benzene rings is 2. The van der Waals surface area contributed by atoms with Crippen molar-refractivity contribution in [3.63, 3.8) is 0 Å². The van der Waals surface area contributed by atoms with Crippen molar-refractivity contribution in [2.75, 3.05) is 13.2 Å². The summed E-state index contributed by atoms with van der Waals surface area (Å²) in [5.41, 5.74) is 0.821. The van der Waals surface area contributed by atoms with Gasteiger partial charge in [0.2, 0.25) is 0 Å². The fourth-order valence-corrected chi connectivity index (χ4v) is 2.29. The molecule has 2 aromatic carbocycles. The molecule has 2 aromatic rings. The molecule has 0 fully saturated rings. The van der Waals surface area contributed by atoms with Crippen LogP contribution in [0.1, 0.15) is 5.56 Å². The third-order valence-corrected chi connectivity index (χ3v) is 3.41. The molecule has 0 saturated heterocycles. The number of carbonyl (C=O) groups is 1. The van der Waals surface area contributed by atoms with Gasteiger partial charge in [-0.15, -0.1) is 0 Å². The molecule has 0 spiro atoms. The average Bonchev–Trinajstić information content (AvgIpc) is 2.46. The number of hydrogen-bond donors (Lipinski definition) is 1. The zero-order valence-corrected chi connectivity index (χ0v) is 13.1. The number of carbonyl (C=O) groups excluding carboxylic acids is 1. The maximum Gasteiger partial charge on any atom is 0.257 e. The molecule has 0 bridgehead atoms. The lowest BCUT2D eigenvalue weighted by Gasteiger charge is -2.09. The first-order chi connectivity index (χ1) is 10.5. The second kappa shape index (κ2) is 8.01. The average molecular weight is 342 g/mol. The van der Waals surface area contributed by atoms with Crippen LogP contribution in [0.3, 0.4) is 0 Å². The Morgan fingerprint density at radius 2 is 2.00 bits per heavy atom. The Morgan fingerprint density at radius 1 is 1.18 bits per heavy atom. The number of halogens is 3. The van der Waals surface area contributed by atoms with Crippen LogP contribution in [0.5, 0.6) is 5.75 Å². The number of ether oxygens (including phenoxy) is 1. The Labute approximate surface area is 138 Å². The Morgan fingerprint density at radius 3 is 2.73 bits per heavy atom. The van der Waals surface area contributed by atoms with Crippen molar-refractivity contribution in [3.05, 3.63) is 63.9 Å². The minimum atomic E-state index is -0.287. The Bertz CT molecular complexity index is 664. The summed E-state index contributed by atoms with van der Waals surface area (Å²) in [6.07, 6.45) is 0.547. The van der Waals surface area contributed by atoms with E-state index < -0.39 is 0 Å². The summed E-state index contributed by atoms with van der Waals surface area (Å²) in [6.45, 7) is 0.254. The highest BCUT2D eigenvalue weighted by molar-refractivity contribution is 6.35. The molecule has 0 aliphatic carbocycles. The molecule has 22 heavy (non-hydrogen) atoms. The van der Waals surface area contributed by atoms with Crippen molar-refractivity contribution in [2.45, 2.75) is 6.42 Å². The van der Waals surface area contributed by atoms with E-state index >= 15 is 0 Å². The molecule has 0 saturated carbocycles. The molecular weight excluding hydrogens is 328 g/mol. The lowest BCUT2D eigenvalue weighted by Crippen LogP contribution is -2.30.